The molecule has 1 aliphatic rings. The Labute approximate surface area is 108 Å². The van der Waals surface area contributed by atoms with Gasteiger partial charge in [0.2, 0.25) is 0 Å². The molecule has 1 fully saturated rings. The second kappa shape index (κ2) is 5.72. The Morgan fingerprint density at radius 1 is 1.35 bits per heavy atom. The number of benzene rings is 1. The third kappa shape index (κ3) is 3.12. The molecular formula is C15H20OS. The summed E-state index contributed by atoms with van der Waals surface area (Å²) in [5, 5.41) is 0.907. The molecule has 0 aliphatic carbocycles. The van der Waals surface area contributed by atoms with Crippen LogP contribution in [0.1, 0.15) is 32.3 Å². The molecule has 1 aromatic carbocycles. The van der Waals surface area contributed by atoms with Gasteiger partial charge >= 0.3 is 0 Å². The lowest BCUT2D eigenvalue weighted by molar-refractivity contribution is -0.115. The average molecular weight is 248 g/mol. The summed E-state index contributed by atoms with van der Waals surface area (Å²) in [6, 6.07) is 10.5. The molecule has 1 nitrogen and oxygen atoms in total. The van der Waals surface area contributed by atoms with Crippen LogP contribution in [0.4, 0.5) is 0 Å². The molecule has 0 unspecified atom stereocenters. The van der Waals surface area contributed by atoms with Crippen LogP contribution < -0.4 is 0 Å². The third-order valence-electron chi connectivity index (χ3n) is 3.74. The molecule has 0 aromatic heterocycles. The van der Waals surface area contributed by atoms with Crippen LogP contribution in [-0.2, 0) is 11.2 Å². The molecule has 17 heavy (non-hydrogen) atoms. The van der Waals surface area contributed by atoms with Crippen LogP contribution in [0.5, 0.6) is 0 Å². The highest BCUT2D eigenvalue weighted by atomic mass is 32.2. The van der Waals surface area contributed by atoms with E-state index in [1.807, 2.05) is 6.07 Å². The van der Waals surface area contributed by atoms with Crippen molar-refractivity contribution in [1.82, 2.24) is 0 Å². The molecule has 0 N–H and O–H groups in total. The topological polar surface area (TPSA) is 17.1 Å². The van der Waals surface area contributed by atoms with Crippen LogP contribution >= 0.6 is 11.8 Å². The fourth-order valence-electron chi connectivity index (χ4n) is 2.43. The molecule has 1 aromatic rings. The maximum absolute atomic E-state index is 11.9. The first-order valence-corrected chi connectivity index (χ1v) is 7.33. The molecule has 0 bridgehead atoms. The Morgan fingerprint density at radius 2 is 2.06 bits per heavy atom. The summed E-state index contributed by atoms with van der Waals surface area (Å²) in [5.74, 6) is 0.828. The van der Waals surface area contributed by atoms with Gasteiger partial charge in [-0.25, -0.2) is 0 Å². The average Bonchev–Trinajstić information content (AvgIpc) is 2.70. The molecule has 0 saturated carbocycles. The minimum absolute atomic E-state index is 0.290. The fourth-order valence-corrected chi connectivity index (χ4v) is 3.84. The van der Waals surface area contributed by atoms with Crippen molar-refractivity contribution in [2.75, 3.05) is 0 Å². The van der Waals surface area contributed by atoms with Crippen molar-refractivity contribution in [3.05, 3.63) is 35.9 Å². The standard InChI is InChI=1S/C15H20OS/c1-3-11(2)14-10-13(17-15(14)16)9-12-7-5-4-6-8-12/h4-8,11,13-14H,3,9-10H2,1-2H3/t11-,13+,14-/m0/s1. The summed E-state index contributed by atoms with van der Waals surface area (Å²) in [5.41, 5.74) is 1.35. The molecule has 1 saturated heterocycles. The Kier molecular flexibility index (Phi) is 4.27. The predicted octanol–water partition coefficient (Wildman–Crippen LogP) is 3.92. The van der Waals surface area contributed by atoms with Crippen molar-refractivity contribution in [3.63, 3.8) is 0 Å². The summed E-state index contributed by atoms with van der Waals surface area (Å²) in [7, 11) is 0. The lowest BCUT2D eigenvalue weighted by Crippen LogP contribution is -2.15. The predicted molar refractivity (Wildman–Crippen MR) is 74.1 cm³/mol. The zero-order valence-electron chi connectivity index (χ0n) is 10.6. The highest BCUT2D eigenvalue weighted by Gasteiger charge is 2.35. The molecular weight excluding hydrogens is 228 g/mol. The minimum atomic E-state index is 0.290. The Balaban J connectivity index is 1.95. The minimum Gasteiger partial charge on any atom is -0.287 e. The molecule has 1 heterocycles. The summed E-state index contributed by atoms with van der Waals surface area (Å²) >= 11 is 1.57. The molecule has 3 atom stereocenters. The zero-order chi connectivity index (χ0) is 12.3. The maximum Gasteiger partial charge on any atom is 0.192 e. The summed E-state index contributed by atoms with van der Waals surface area (Å²) in [6.45, 7) is 4.38. The molecule has 2 rings (SSSR count). The van der Waals surface area contributed by atoms with Crippen LogP contribution in [0.25, 0.3) is 0 Å². The van der Waals surface area contributed by atoms with Crippen molar-refractivity contribution in [3.8, 4) is 0 Å². The van der Waals surface area contributed by atoms with E-state index in [4.69, 9.17) is 0 Å². The van der Waals surface area contributed by atoms with Gasteiger partial charge in [-0.1, -0.05) is 62.4 Å². The largest absolute Gasteiger partial charge is 0.287 e. The fraction of sp³-hybridized carbons (Fsp3) is 0.533. The highest BCUT2D eigenvalue weighted by Crippen LogP contribution is 2.39. The van der Waals surface area contributed by atoms with Crippen LogP contribution in [0.15, 0.2) is 30.3 Å². The van der Waals surface area contributed by atoms with Crippen molar-refractivity contribution >= 4 is 16.9 Å². The smallest absolute Gasteiger partial charge is 0.192 e. The van der Waals surface area contributed by atoms with Gasteiger partial charge < -0.3 is 0 Å². The van der Waals surface area contributed by atoms with Crippen LogP contribution in [-0.4, -0.2) is 10.4 Å². The van der Waals surface area contributed by atoms with Gasteiger partial charge in [0.25, 0.3) is 0 Å². The van der Waals surface area contributed by atoms with E-state index in [0.29, 0.717) is 22.2 Å². The van der Waals surface area contributed by atoms with Crippen molar-refractivity contribution < 1.29 is 4.79 Å². The van der Waals surface area contributed by atoms with E-state index in [1.165, 1.54) is 5.56 Å². The summed E-state index contributed by atoms with van der Waals surface area (Å²) < 4.78 is 0. The molecule has 1 aliphatic heterocycles. The lowest BCUT2D eigenvalue weighted by atomic mass is 9.88. The summed E-state index contributed by atoms with van der Waals surface area (Å²) in [4.78, 5) is 11.9. The van der Waals surface area contributed by atoms with Crippen LogP contribution in [0.3, 0.4) is 0 Å². The highest BCUT2D eigenvalue weighted by molar-refractivity contribution is 8.14. The Morgan fingerprint density at radius 3 is 2.71 bits per heavy atom. The van der Waals surface area contributed by atoms with Crippen LogP contribution in [0, 0.1) is 11.8 Å². The van der Waals surface area contributed by atoms with Gasteiger partial charge in [-0.05, 0) is 24.3 Å². The number of hydrogen-bond acceptors (Lipinski definition) is 2. The quantitative estimate of drug-likeness (QED) is 0.803. The van der Waals surface area contributed by atoms with E-state index in [0.717, 1.165) is 19.3 Å². The lowest BCUT2D eigenvalue weighted by Gasteiger charge is -2.15. The van der Waals surface area contributed by atoms with Crippen LogP contribution in [0.2, 0.25) is 0 Å². The van der Waals surface area contributed by atoms with Crippen molar-refractivity contribution in [2.24, 2.45) is 11.8 Å². The first kappa shape index (κ1) is 12.7. The molecule has 0 amide bonds. The van der Waals surface area contributed by atoms with Gasteiger partial charge in [-0.2, -0.15) is 0 Å². The second-order valence-corrected chi connectivity index (χ2v) is 6.28. The van der Waals surface area contributed by atoms with E-state index >= 15 is 0 Å². The number of carbonyl (C=O) groups excluding carboxylic acids is 1. The van der Waals surface area contributed by atoms with E-state index in [2.05, 4.69) is 38.1 Å². The first-order valence-electron chi connectivity index (χ1n) is 6.45. The van der Waals surface area contributed by atoms with Gasteiger partial charge in [0.1, 0.15) is 0 Å². The van der Waals surface area contributed by atoms with Crippen molar-refractivity contribution in [2.45, 2.75) is 38.4 Å². The Hall–Kier alpha value is -0.760. The van der Waals surface area contributed by atoms with Gasteiger partial charge in [0, 0.05) is 11.2 Å². The number of carbonyl (C=O) groups is 1. The molecule has 92 valence electrons. The van der Waals surface area contributed by atoms with Gasteiger partial charge in [0.15, 0.2) is 5.12 Å². The molecule has 0 spiro atoms. The van der Waals surface area contributed by atoms with E-state index < -0.39 is 0 Å². The monoisotopic (exact) mass is 248 g/mol. The molecule has 2 heteroatoms. The van der Waals surface area contributed by atoms with E-state index in [-0.39, 0.29) is 0 Å². The SMILES string of the molecule is CC[C@H](C)[C@@H]1C[C@@H](Cc2ccccc2)SC1=O. The summed E-state index contributed by atoms with van der Waals surface area (Å²) in [6.07, 6.45) is 3.20. The van der Waals surface area contributed by atoms with Gasteiger partial charge in [0.05, 0.1) is 0 Å². The van der Waals surface area contributed by atoms with Gasteiger partial charge in [-0.15, -0.1) is 0 Å². The Bertz CT molecular complexity index is 374. The normalized spacial score (nSPS) is 26.1. The van der Waals surface area contributed by atoms with Crippen molar-refractivity contribution in [1.29, 1.82) is 0 Å². The number of thioether (sulfide) groups is 1. The van der Waals surface area contributed by atoms with E-state index in [9.17, 15) is 4.79 Å². The van der Waals surface area contributed by atoms with E-state index in [1.54, 1.807) is 11.8 Å². The second-order valence-electron chi connectivity index (χ2n) is 4.98. The maximum atomic E-state index is 11.9. The van der Waals surface area contributed by atoms with Gasteiger partial charge in [-0.3, -0.25) is 4.79 Å². The third-order valence-corrected chi connectivity index (χ3v) is 4.97. The molecule has 0 radical (unpaired) electrons. The first-order chi connectivity index (χ1) is 8.20. The number of hydrogen-bond donors (Lipinski definition) is 0. The number of rotatable bonds is 4. The zero-order valence-corrected chi connectivity index (χ0v) is 11.4.